The van der Waals surface area contributed by atoms with Gasteiger partial charge in [0, 0.05) is 24.8 Å². The van der Waals surface area contributed by atoms with E-state index in [1.807, 2.05) is 49.1 Å². The van der Waals surface area contributed by atoms with Crippen molar-refractivity contribution in [3.8, 4) is 27.9 Å². The van der Waals surface area contributed by atoms with Gasteiger partial charge >= 0.3 is 0 Å². The molecule has 0 amide bonds. The lowest BCUT2D eigenvalue weighted by atomic mass is 9.78. The van der Waals surface area contributed by atoms with Crippen LogP contribution < -0.4 is 11.1 Å². The van der Waals surface area contributed by atoms with Crippen molar-refractivity contribution < 1.29 is 0 Å². The molecule has 0 saturated carbocycles. The molecule has 0 saturated heterocycles. The molecule has 0 aliphatic heterocycles. The lowest BCUT2D eigenvalue weighted by Crippen LogP contribution is -2.31. The van der Waals surface area contributed by atoms with E-state index in [-0.39, 0.29) is 21.9 Å². The van der Waals surface area contributed by atoms with Crippen molar-refractivity contribution in [3.63, 3.8) is 0 Å². The van der Waals surface area contributed by atoms with Gasteiger partial charge in [-0.3, -0.25) is 19.6 Å². The second-order valence-electron chi connectivity index (χ2n) is 16.1. The fourth-order valence-electron chi connectivity index (χ4n) is 8.93. The molecule has 0 unspecified atom stereocenters. The summed E-state index contributed by atoms with van der Waals surface area (Å²) in [4.78, 5) is 39.4. The van der Waals surface area contributed by atoms with Crippen molar-refractivity contribution in [1.82, 2.24) is 14.5 Å². The zero-order valence-electron chi connectivity index (χ0n) is 29.5. The van der Waals surface area contributed by atoms with Crippen molar-refractivity contribution in [2.24, 2.45) is 0 Å². The molecule has 5 nitrogen and oxygen atoms in total. The van der Waals surface area contributed by atoms with E-state index in [0.29, 0.717) is 16.5 Å². The highest BCUT2D eigenvalue weighted by atomic mass is 16.2. The first-order valence-corrected chi connectivity index (χ1v) is 17.6. The molecule has 0 N–H and O–H groups in total. The highest BCUT2D eigenvalue weighted by Crippen LogP contribution is 2.53. The smallest absolute Gasteiger partial charge is 0.266 e. The number of pyridine rings is 2. The first-order chi connectivity index (χ1) is 24.4. The van der Waals surface area contributed by atoms with E-state index in [9.17, 15) is 0 Å². The third-order valence-electron chi connectivity index (χ3n) is 11.1. The molecule has 10 aromatic rings. The summed E-state index contributed by atoms with van der Waals surface area (Å²) in [6, 6.07) is 27.4. The summed E-state index contributed by atoms with van der Waals surface area (Å²) >= 11 is 0. The minimum atomic E-state index is -0.322. The summed E-state index contributed by atoms with van der Waals surface area (Å²) in [5.41, 5.74) is 5.54. The quantitative estimate of drug-likeness (QED) is 0.177. The van der Waals surface area contributed by atoms with Crippen LogP contribution in [-0.4, -0.2) is 14.5 Å². The van der Waals surface area contributed by atoms with Crippen LogP contribution in [-0.2, 0) is 10.8 Å². The van der Waals surface area contributed by atoms with Crippen molar-refractivity contribution in [2.45, 2.75) is 52.4 Å². The summed E-state index contributed by atoms with van der Waals surface area (Å²) < 4.78 is 1.51. The molecule has 7 aromatic carbocycles. The molecule has 0 fully saturated rings. The lowest BCUT2D eigenvalue weighted by Gasteiger charge is -2.29. The highest BCUT2D eigenvalue weighted by Gasteiger charge is 2.33. The number of hydrogen-bond acceptors (Lipinski definition) is 4. The molecule has 0 radical (unpaired) electrons. The van der Waals surface area contributed by atoms with Gasteiger partial charge in [-0.05, 0) is 134 Å². The Balaban J connectivity index is 1.51. The molecule has 246 valence electrons. The average molecular weight is 662 g/mol. The lowest BCUT2D eigenvalue weighted by molar-refractivity contribution is 0.560. The first-order valence-electron chi connectivity index (χ1n) is 17.6. The molecule has 0 spiro atoms. The molecular formula is C46H35N3O2. The summed E-state index contributed by atoms with van der Waals surface area (Å²) in [5, 5.41) is 11.6. The van der Waals surface area contributed by atoms with Crippen molar-refractivity contribution in [2.75, 3.05) is 0 Å². The molecule has 3 aromatic heterocycles. The molecule has 3 heterocycles. The fourth-order valence-corrected chi connectivity index (χ4v) is 8.93. The predicted molar refractivity (Wildman–Crippen MR) is 212 cm³/mol. The van der Waals surface area contributed by atoms with E-state index in [1.54, 1.807) is 0 Å². The van der Waals surface area contributed by atoms with E-state index in [4.69, 9.17) is 0 Å². The minimum Gasteiger partial charge on any atom is -0.268 e. The topological polar surface area (TPSA) is 64.8 Å². The summed E-state index contributed by atoms with van der Waals surface area (Å²) in [6.07, 6.45) is 7.23. The van der Waals surface area contributed by atoms with E-state index in [0.717, 1.165) is 81.9 Å². The van der Waals surface area contributed by atoms with E-state index < -0.39 is 0 Å². The summed E-state index contributed by atoms with van der Waals surface area (Å²) in [5.74, 6) is 0. The van der Waals surface area contributed by atoms with Crippen LogP contribution in [0.15, 0.2) is 113 Å². The third-order valence-corrected chi connectivity index (χ3v) is 11.1. The van der Waals surface area contributed by atoms with Crippen molar-refractivity contribution in [3.05, 3.63) is 135 Å². The second kappa shape index (κ2) is 9.85. The van der Waals surface area contributed by atoms with Gasteiger partial charge in [-0.2, -0.15) is 0 Å². The second-order valence-corrected chi connectivity index (χ2v) is 16.1. The number of hydrogen-bond donors (Lipinski definition) is 0. The van der Waals surface area contributed by atoms with Gasteiger partial charge in [0.25, 0.3) is 11.1 Å². The van der Waals surface area contributed by atoms with Crippen LogP contribution in [0, 0.1) is 0 Å². The van der Waals surface area contributed by atoms with Gasteiger partial charge in [0.1, 0.15) is 0 Å². The minimum absolute atomic E-state index is 0.271. The highest BCUT2D eigenvalue weighted by molar-refractivity contribution is 6.50. The Morgan fingerprint density at radius 3 is 1.29 bits per heavy atom. The number of aromatic nitrogens is 3. The van der Waals surface area contributed by atoms with Gasteiger partial charge in [-0.15, -0.1) is 0 Å². The van der Waals surface area contributed by atoms with Crippen LogP contribution in [0.4, 0.5) is 0 Å². The Kier molecular flexibility index (Phi) is 5.78. The molecule has 0 aliphatic rings. The normalized spacial score (nSPS) is 13.1. The van der Waals surface area contributed by atoms with Crippen LogP contribution in [0.25, 0.3) is 92.6 Å². The zero-order chi connectivity index (χ0) is 35.1. The van der Waals surface area contributed by atoms with Crippen LogP contribution >= 0.6 is 0 Å². The van der Waals surface area contributed by atoms with E-state index >= 15 is 9.59 Å². The summed E-state index contributed by atoms with van der Waals surface area (Å²) in [7, 11) is 0. The van der Waals surface area contributed by atoms with Gasteiger partial charge in [0.2, 0.25) is 0 Å². The Morgan fingerprint density at radius 1 is 0.471 bits per heavy atom. The number of rotatable bonds is 3. The molecule has 0 aliphatic carbocycles. The zero-order valence-corrected chi connectivity index (χ0v) is 29.5. The molecular weight excluding hydrogens is 627 g/mol. The first kappa shape index (κ1) is 29.9. The maximum Gasteiger partial charge on any atom is 0.266 e. The van der Waals surface area contributed by atoms with Crippen LogP contribution in [0.1, 0.15) is 52.7 Å². The number of benzene rings is 6. The maximum atomic E-state index is 15.4. The Labute approximate surface area is 294 Å². The van der Waals surface area contributed by atoms with E-state index in [1.165, 1.54) is 9.95 Å². The molecule has 0 bridgehead atoms. The van der Waals surface area contributed by atoms with E-state index in [2.05, 4.69) is 106 Å². The standard InChI is InChI=1S/C46H35N3O2/c1-45(2,3)33-8-7-9-34(46(4,5)6)42(33)49-43(50)40-31-22-29(24-14-18-47-19-15-24)27-12-10-26-11-13-28-30(25-16-20-48-21-17-25)23-32(41(40)44(49)51)39-37(28)35(26)36(27)38(31)39/h7-23H,1-6H3. The predicted octanol–water partition coefficient (Wildman–Crippen LogP) is 10.6. The van der Waals surface area contributed by atoms with Crippen LogP contribution in [0.3, 0.4) is 0 Å². The number of fused-ring (bicyclic) bond motifs is 3. The van der Waals surface area contributed by atoms with Gasteiger partial charge in [0.05, 0.1) is 16.5 Å². The van der Waals surface area contributed by atoms with Gasteiger partial charge in [-0.25, -0.2) is 4.57 Å². The number of para-hydroxylation sites is 1. The molecule has 5 heteroatoms. The molecule has 51 heavy (non-hydrogen) atoms. The van der Waals surface area contributed by atoms with Crippen molar-refractivity contribution in [1.29, 1.82) is 0 Å². The van der Waals surface area contributed by atoms with Gasteiger partial charge < -0.3 is 0 Å². The van der Waals surface area contributed by atoms with Gasteiger partial charge in [-0.1, -0.05) is 84.0 Å². The molecule has 10 rings (SSSR count). The Morgan fingerprint density at radius 2 is 0.882 bits per heavy atom. The molecule has 0 atom stereocenters. The third kappa shape index (κ3) is 3.86. The van der Waals surface area contributed by atoms with Crippen molar-refractivity contribution >= 4 is 64.6 Å². The average Bonchev–Trinajstić information content (AvgIpc) is 3.61. The summed E-state index contributed by atoms with van der Waals surface area (Å²) in [6.45, 7) is 12.9. The van der Waals surface area contributed by atoms with Crippen LogP contribution in [0.5, 0.6) is 0 Å². The SMILES string of the molecule is CC(C)(C)c1cccc(C(C)(C)C)c1-n1c(=O)c2c3cc(-c4ccncc4)c4ccc5ccc6c(-c7ccncc7)cc(c2c1=O)c1c6c5c4c31. The van der Waals surface area contributed by atoms with Gasteiger partial charge in [0.15, 0.2) is 0 Å². The fraction of sp³-hybridized carbons (Fsp3) is 0.174. The monoisotopic (exact) mass is 661 g/mol. The number of nitrogens with zero attached hydrogens (tertiary/aromatic N) is 3. The Bertz CT molecular complexity index is 2910. The maximum absolute atomic E-state index is 15.4. The largest absolute Gasteiger partial charge is 0.268 e. The Hall–Kier alpha value is -5.94. The van der Waals surface area contributed by atoms with Crippen LogP contribution in [0.2, 0.25) is 0 Å².